The van der Waals surface area contributed by atoms with Crippen LogP contribution in [0.1, 0.15) is 5.56 Å². The standard InChI is InChI=1S/C25H18ClN3O3S/c1-31-20-11-12-21-17(13-23(30)32-22(21)14-20)15-33-25-28-27-24(16-7-9-18(26)10-8-16)29(25)19-5-3-2-4-6-19/h2-14H,15H2,1H3. The van der Waals surface area contributed by atoms with Crippen molar-refractivity contribution in [2.24, 2.45) is 0 Å². The van der Waals surface area contributed by atoms with Crippen molar-refractivity contribution in [1.82, 2.24) is 14.8 Å². The van der Waals surface area contributed by atoms with E-state index in [0.717, 1.165) is 22.2 Å². The van der Waals surface area contributed by atoms with Crippen molar-refractivity contribution in [2.45, 2.75) is 10.9 Å². The highest BCUT2D eigenvalue weighted by molar-refractivity contribution is 7.98. The topological polar surface area (TPSA) is 70.2 Å². The predicted octanol–water partition coefficient (Wildman–Crippen LogP) is 6.00. The molecule has 6 nitrogen and oxygen atoms in total. The van der Waals surface area contributed by atoms with Gasteiger partial charge >= 0.3 is 5.63 Å². The molecule has 0 aliphatic carbocycles. The highest BCUT2D eigenvalue weighted by Crippen LogP contribution is 2.32. The monoisotopic (exact) mass is 475 g/mol. The van der Waals surface area contributed by atoms with Gasteiger partial charge in [0.05, 0.1) is 7.11 Å². The lowest BCUT2D eigenvalue weighted by atomic mass is 10.1. The van der Waals surface area contributed by atoms with Crippen LogP contribution < -0.4 is 10.4 Å². The second kappa shape index (κ2) is 9.13. The van der Waals surface area contributed by atoms with Crippen molar-refractivity contribution >= 4 is 34.3 Å². The number of ether oxygens (including phenoxy) is 1. The van der Waals surface area contributed by atoms with Crippen LogP contribution in [-0.4, -0.2) is 21.9 Å². The van der Waals surface area contributed by atoms with E-state index in [1.165, 1.54) is 17.8 Å². The summed E-state index contributed by atoms with van der Waals surface area (Å²) in [6.07, 6.45) is 0. The maximum absolute atomic E-state index is 12.2. The molecule has 0 atom stereocenters. The summed E-state index contributed by atoms with van der Waals surface area (Å²) < 4.78 is 12.6. The van der Waals surface area contributed by atoms with Crippen molar-refractivity contribution in [1.29, 1.82) is 0 Å². The van der Waals surface area contributed by atoms with E-state index in [1.54, 1.807) is 13.2 Å². The molecule has 0 bridgehead atoms. The third kappa shape index (κ3) is 4.37. The van der Waals surface area contributed by atoms with E-state index < -0.39 is 5.63 Å². The number of hydrogen-bond acceptors (Lipinski definition) is 6. The first-order valence-corrected chi connectivity index (χ1v) is 11.5. The van der Waals surface area contributed by atoms with Crippen LogP contribution in [0.5, 0.6) is 5.75 Å². The lowest BCUT2D eigenvalue weighted by molar-refractivity contribution is 0.414. The van der Waals surface area contributed by atoms with Crippen molar-refractivity contribution in [2.75, 3.05) is 7.11 Å². The van der Waals surface area contributed by atoms with Gasteiger partial charge in [-0.05, 0) is 54.1 Å². The van der Waals surface area contributed by atoms with E-state index in [-0.39, 0.29) is 0 Å². The van der Waals surface area contributed by atoms with Gasteiger partial charge in [-0.2, -0.15) is 0 Å². The van der Waals surface area contributed by atoms with Gasteiger partial charge in [-0.1, -0.05) is 41.6 Å². The van der Waals surface area contributed by atoms with E-state index >= 15 is 0 Å². The maximum atomic E-state index is 12.2. The molecular weight excluding hydrogens is 458 g/mol. The first kappa shape index (κ1) is 21.3. The Balaban J connectivity index is 1.54. The highest BCUT2D eigenvalue weighted by Gasteiger charge is 2.17. The first-order chi connectivity index (χ1) is 16.1. The number of aromatic nitrogens is 3. The van der Waals surface area contributed by atoms with E-state index in [4.69, 9.17) is 20.8 Å². The van der Waals surface area contributed by atoms with Crippen molar-refractivity contribution in [3.63, 3.8) is 0 Å². The van der Waals surface area contributed by atoms with Gasteiger partial charge in [0.15, 0.2) is 11.0 Å². The molecule has 0 N–H and O–H groups in total. The predicted molar refractivity (Wildman–Crippen MR) is 130 cm³/mol. The third-order valence-corrected chi connectivity index (χ3v) is 6.37. The summed E-state index contributed by atoms with van der Waals surface area (Å²) >= 11 is 7.57. The summed E-state index contributed by atoms with van der Waals surface area (Å²) in [5.41, 5.74) is 2.78. The minimum atomic E-state index is -0.405. The summed E-state index contributed by atoms with van der Waals surface area (Å²) in [4.78, 5) is 12.2. The molecule has 0 spiro atoms. The normalized spacial score (nSPS) is 11.1. The molecule has 5 aromatic rings. The van der Waals surface area contributed by atoms with Gasteiger partial charge in [0.25, 0.3) is 0 Å². The van der Waals surface area contributed by atoms with Gasteiger partial charge in [0.2, 0.25) is 0 Å². The van der Waals surface area contributed by atoms with E-state index in [9.17, 15) is 4.79 Å². The number of para-hydroxylation sites is 1. The van der Waals surface area contributed by atoms with E-state index in [2.05, 4.69) is 10.2 Å². The molecule has 0 unspecified atom stereocenters. The second-order valence-electron chi connectivity index (χ2n) is 7.23. The van der Waals surface area contributed by atoms with Gasteiger partial charge in [-0.15, -0.1) is 10.2 Å². The van der Waals surface area contributed by atoms with Gasteiger partial charge < -0.3 is 9.15 Å². The quantitative estimate of drug-likeness (QED) is 0.222. The molecule has 2 heterocycles. The Hall–Kier alpha value is -3.55. The van der Waals surface area contributed by atoms with Crippen LogP contribution in [0.4, 0.5) is 0 Å². The van der Waals surface area contributed by atoms with Gasteiger partial charge in [-0.25, -0.2) is 4.79 Å². The average molecular weight is 476 g/mol. The summed E-state index contributed by atoms with van der Waals surface area (Å²) in [5.74, 6) is 1.86. The minimum Gasteiger partial charge on any atom is -0.497 e. The number of nitrogens with zero attached hydrogens (tertiary/aromatic N) is 3. The molecular formula is C25H18ClN3O3S. The van der Waals surface area contributed by atoms with Gasteiger partial charge in [0.1, 0.15) is 11.3 Å². The molecule has 0 radical (unpaired) electrons. The average Bonchev–Trinajstić information content (AvgIpc) is 3.27. The van der Waals surface area contributed by atoms with Crippen LogP contribution in [0.15, 0.2) is 93.2 Å². The zero-order valence-corrected chi connectivity index (χ0v) is 19.1. The number of fused-ring (bicyclic) bond motifs is 1. The van der Waals surface area contributed by atoms with Crippen molar-refractivity contribution in [3.8, 4) is 22.8 Å². The molecule has 2 aromatic heterocycles. The number of thioether (sulfide) groups is 1. The lowest BCUT2D eigenvalue weighted by Gasteiger charge is -2.11. The van der Waals surface area contributed by atoms with Crippen LogP contribution in [-0.2, 0) is 5.75 Å². The number of benzene rings is 3. The van der Waals surface area contributed by atoms with Crippen molar-refractivity contribution < 1.29 is 9.15 Å². The molecule has 0 amide bonds. The second-order valence-corrected chi connectivity index (χ2v) is 8.60. The molecule has 3 aromatic carbocycles. The van der Waals surface area contributed by atoms with Gasteiger partial charge in [-0.3, -0.25) is 4.57 Å². The third-order valence-electron chi connectivity index (χ3n) is 5.14. The van der Waals surface area contributed by atoms with Crippen LogP contribution in [0.3, 0.4) is 0 Å². The Morgan fingerprint density at radius 3 is 2.55 bits per heavy atom. The Kier molecular flexibility index (Phi) is 5.90. The van der Waals surface area contributed by atoms with Crippen LogP contribution in [0.25, 0.3) is 28.0 Å². The molecule has 5 rings (SSSR count). The summed E-state index contributed by atoms with van der Waals surface area (Å²) in [5, 5.41) is 11.1. The zero-order valence-electron chi connectivity index (χ0n) is 17.6. The number of rotatable bonds is 6. The molecule has 0 saturated heterocycles. The van der Waals surface area contributed by atoms with Crippen LogP contribution >= 0.6 is 23.4 Å². The summed E-state index contributed by atoms with van der Waals surface area (Å²) in [6.45, 7) is 0. The zero-order chi connectivity index (χ0) is 22.8. The fraction of sp³-hybridized carbons (Fsp3) is 0.0800. The molecule has 0 aliphatic heterocycles. The van der Waals surface area contributed by atoms with Crippen LogP contribution in [0, 0.1) is 0 Å². The number of halogens is 1. The highest BCUT2D eigenvalue weighted by atomic mass is 35.5. The Labute approximate surface area is 198 Å². The summed E-state index contributed by atoms with van der Waals surface area (Å²) in [7, 11) is 1.58. The number of methoxy groups -OCH3 is 1. The largest absolute Gasteiger partial charge is 0.497 e. The van der Waals surface area contributed by atoms with E-state index in [1.807, 2.05) is 71.3 Å². The van der Waals surface area contributed by atoms with Crippen LogP contribution in [0.2, 0.25) is 5.02 Å². The number of hydrogen-bond donors (Lipinski definition) is 0. The smallest absolute Gasteiger partial charge is 0.336 e. The SMILES string of the molecule is COc1ccc2c(CSc3nnc(-c4ccc(Cl)cc4)n3-c3ccccc3)cc(=O)oc2c1. The molecule has 0 aliphatic rings. The first-order valence-electron chi connectivity index (χ1n) is 10.1. The Morgan fingerprint density at radius 2 is 1.79 bits per heavy atom. The fourth-order valence-electron chi connectivity index (χ4n) is 3.56. The molecule has 164 valence electrons. The Bertz CT molecular complexity index is 1480. The molecule has 0 saturated carbocycles. The van der Waals surface area contributed by atoms with E-state index in [0.29, 0.717) is 33.1 Å². The fourth-order valence-corrected chi connectivity index (χ4v) is 4.63. The lowest BCUT2D eigenvalue weighted by Crippen LogP contribution is -2.02. The molecule has 8 heteroatoms. The minimum absolute atomic E-state index is 0.405. The maximum Gasteiger partial charge on any atom is 0.336 e. The summed E-state index contributed by atoms with van der Waals surface area (Å²) in [6, 6.07) is 24.4. The van der Waals surface area contributed by atoms with Crippen molar-refractivity contribution in [3.05, 3.63) is 99.9 Å². The molecule has 0 fully saturated rings. The van der Waals surface area contributed by atoms with Gasteiger partial charge in [0, 0.05) is 39.5 Å². The molecule has 33 heavy (non-hydrogen) atoms. The Morgan fingerprint density at radius 1 is 1.00 bits per heavy atom.